The third kappa shape index (κ3) is 5.15. The number of benzene rings is 12. The Morgan fingerprint density at radius 1 is 0.253 bits per heavy atom. The van der Waals surface area contributed by atoms with Crippen LogP contribution in [0.25, 0.3) is 143 Å². The number of para-hydroxylation sites is 2. The summed E-state index contributed by atoms with van der Waals surface area (Å²) in [7, 11) is 0. The van der Waals surface area contributed by atoms with E-state index in [-0.39, 0.29) is 16.2 Å². The predicted octanol–water partition coefficient (Wildman–Crippen LogP) is 20.4. The molecular weight excluding hydrogens is 909 g/mol. The molecule has 0 saturated heterocycles. The van der Waals surface area contributed by atoms with Crippen LogP contribution in [0.4, 0.5) is 0 Å². The van der Waals surface area contributed by atoms with Gasteiger partial charge in [-0.3, -0.25) is 0 Å². The average molecular weight is 959 g/mol. The Labute approximate surface area is 434 Å². The van der Waals surface area contributed by atoms with Gasteiger partial charge in [-0.1, -0.05) is 187 Å². The Balaban J connectivity index is 0.831. The molecule has 2 aromatic heterocycles. The van der Waals surface area contributed by atoms with Crippen molar-refractivity contribution in [1.29, 1.82) is 0 Å². The van der Waals surface area contributed by atoms with Crippen molar-refractivity contribution in [2.45, 2.75) is 57.8 Å². The maximum Gasteiger partial charge on any atom is 0.143 e. The smallest absolute Gasteiger partial charge is 0.143 e. The quantitative estimate of drug-likeness (QED) is 0.173. The fourth-order valence-electron chi connectivity index (χ4n) is 14.9. The molecule has 2 heteroatoms. The standard InChI is InChI=1S/C73H50O2/c1-71(2)57-37-55-59(72(3,4)61-33-51(43-21-11-13-23-45(43)65(55)61)47-25-15-27-49-67-41-19-9-7-17-39(41)29-31-63(67)74-69(47)49)35-53(57)54-36-60-56(38-58(54)71)66-46-24-14-12-22-44(46)52(34-62(66)73(60,5)6)48-26-16-28-50-68-42-20-10-8-18-40(42)30-32-64(68)75-70(48)50/h7-38H,1-6H3. The minimum Gasteiger partial charge on any atom is -0.455 e. The Bertz CT molecular complexity index is 4660. The summed E-state index contributed by atoms with van der Waals surface area (Å²) in [6.07, 6.45) is 0. The summed E-state index contributed by atoms with van der Waals surface area (Å²) in [4.78, 5) is 0. The molecule has 0 unspecified atom stereocenters. The van der Waals surface area contributed by atoms with E-state index in [0.717, 1.165) is 44.2 Å². The SMILES string of the molecule is CC1(C)c2cc3c(cc2-c2cc4c(cc21)-c1c(cc(-c2cccc5c2oc2ccc6ccccc6c25)c2ccccc12)C4(C)C)C(C)(C)c1cc(-c2cccc4c2oc2ccc5ccccc5c24)c2ccccc2c1-3. The van der Waals surface area contributed by atoms with Crippen LogP contribution in [0.15, 0.2) is 203 Å². The molecule has 3 aliphatic carbocycles. The molecule has 0 bridgehead atoms. The predicted molar refractivity (Wildman–Crippen MR) is 315 cm³/mol. The highest BCUT2D eigenvalue weighted by Gasteiger charge is 2.46. The summed E-state index contributed by atoms with van der Waals surface area (Å²) >= 11 is 0. The van der Waals surface area contributed by atoms with Gasteiger partial charge < -0.3 is 8.83 Å². The Morgan fingerprint density at radius 3 is 1.03 bits per heavy atom. The van der Waals surface area contributed by atoms with Crippen LogP contribution in [0.1, 0.15) is 74.9 Å². The normalized spacial score (nSPS) is 15.4. The van der Waals surface area contributed by atoms with Crippen molar-refractivity contribution in [3.8, 4) is 55.6 Å². The number of fused-ring (bicyclic) bond motifs is 23. The van der Waals surface area contributed by atoms with Crippen LogP contribution in [0.3, 0.4) is 0 Å². The maximum absolute atomic E-state index is 6.89. The van der Waals surface area contributed by atoms with E-state index >= 15 is 0 Å². The molecule has 0 amide bonds. The highest BCUT2D eigenvalue weighted by atomic mass is 16.3. The molecule has 2 heterocycles. The minimum absolute atomic E-state index is 0.234. The van der Waals surface area contributed by atoms with Gasteiger partial charge in [-0.15, -0.1) is 0 Å². The van der Waals surface area contributed by atoms with E-state index in [4.69, 9.17) is 8.83 Å². The molecule has 12 aromatic carbocycles. The van der Waals surface area contributed by atoms with E-state index in [1.807, 2.05) is 0 Å². The van der Waals surface area contributed by atoms with Gasteiger partial charge in [-0.2, -0.15) is 0 Å². The van der Waals surface area contributed by atoms with Crippen LogP contribution < -0.4 is 0 Å². The van der Waals surface area contributed by atoms with Gasteiger partial charge >= 0.3 is 0 Å². The average Bonchev–Trinajstić information content (AvgIpc) is 4.20. The lowest BCUT2D eigenvalue weighted by Gasteiger charge is -2.25. The third-order valence-electron chi connectivity index (χ3n) is 18.6. The van der Waals surface area contributed by atoms with Gasteiger partial charge in [-0.05, 0) is 170 Å². The molecule has 354 valence electrons. The highest BCUT2D eigenvalue weighted by Crippen LogP contribution is 2.62. The van der Waals surface area contributed by atoms with Crippen molar-refractivity contribution in [3.63, 3.8) is 0 Å². The van der Waals surface area contributed by atoms with E-state index in [1.54, 1.807) is 0 Å². The molecule has 0 saturated carbocycles. The van der Waals surface area contributed by atoms with E-state index < -0.39 is 0 Å². The van der Waals surface area contributed by atoms with E-state index in [1.165, 1.54) is 132 Å². The lowest BCUT2D eigenvalue weighted by atomic mass is 9.78. The fourth-order valence-corrected chi connectivity index (χ4v) is 14.9. The van der Waals surface area contributed by atoms with Crippen LogP contribution in [0.5, 0.6) is 0 Å². The summed E-state index contributed by atoms with van der Waals surface area (Å²) in [6, 6.07) is 72.8. The van der Waals surface area contributed by atoms with Crippen molar-refractivity contribution < 1.29 is 8.83 Å². The number of hydrogen-bond acceptors (Lipinski definition) is 2. The second-order valence-electron chi connectivity index (χ2n) is 23.4. The molecule has 17 rings (SSSR count). The van der Waals surface area contributed by atoms with Crippen LogP contribution in [0.2, 0.25) is 0 Å². The zero-order valence-electron chi connectivity index (χ0n) is 42.8. The first kappa shape index (κ1) is 41.7. The first-order chi connectivity index (χ1) is 36.5. The molecule has 0 N–H and O–H groups in total. The second-order valence-corrected chi connectivity index (χ2v) is 23.4. The van der Waals surface area contributed by atoms with Crippen molar-refractivity contribution in [2.75, 3.05) is 0 Å². The van der Waals surface area contributed by atoms with E-state index in [0.29, 0.717) is 0 Å². The molecule has 3 aliphatic rings. The molecule has 75 heavy (non-hydrogen) atoms. The molecule has 14 aromatic rings. The minimum atomic E-state index is -0.263. The van der Waals surface area contributed by atoms with Crippen LogP contribution >= 0.6 is 0 Å². The lowest BCUT2D eigenvalue weighted by molar-refractivity contribution is 0.649. The van der Waals surface area contributed by atoms with Gasteiger partial charge in [0.05, 0.1) is 0 Å². The summed E-state index contributed by atoms with van der Waals surface area (Å²) in [5.41, 5.74) is 24.2. The molecule has 0 aliphatic heterocycles. The number of rotatable bonds is 2. The molecule has 2 nitrogen and oxygen atoms in total. The van der Waals surface area contributed by atoms with Crippen LogP contribution in [-0.4, -0.2) is 0 Å². The molecule has 0 fully saturated rings. The summed E-state index contributed by atoms with van der Waals surface area (Å²) < 4.78 is 13.8. The van der Waals surface area contributed by atoms with E-state index in [9.17, 15) is 0 Å². The van der Waals surface area contributed by atoms with Gasteiger partial charge in [0.1, 0.15) is 22.3 Å². The molecule has 0 spiro atoms. The topological polar surface area (TPSA) is 26.3 Å². The first-order valence-electron chi connectivity index (χ1n) is 26.6. The van der Waals surface area contributed by atoms with Gasteiger partial charge in [0.2, 0.25) is 0 Å². The van der Waals surface area contributed by atoms with Crippen molar-refractivity contribution in [2.24, 2.45) is 0 Å². The molecular formula is C73H50O2. The fraction of sp³-hybridized carbons (Fsp3) is 0.123. The summed E-state index contributed by atoms with van der Waals surface area (Å²) in [5.74, 6) is 0. The Kier molecular flexibility index (Phi) is 7.73. The largest absolute Gasteiger partial charge is 0.455 e. The van der Waals surface area contributed by atoms with Crippen molar-refractivity contribution >= 4 is 87.0 Å². The summed E-state index contributed by atoms with van der Waals surface area (Å²) in [6.45, 7) is 14.7. The van der Waals surface area contributed by atoms with E-state index in [2.05, 4.69) is 236 Å². The van der Waals surface area contributed by atoms with Crippen LogP contribution in [0, 0.1) is 0 Å². The van der Waals surface area contributed by atoms with Gasteiger partial charge in [0.25, 0.3) is 0 Å². The van der Waals surface area contributed by atoms with Gasteiger partial charge in [0, 0.05) is 48.9 Å². The molecule has 0 atom stereocenters. The van der Waals surface area contributed by atoms with Crippen LogP contribution in [-0.2, 0) is 16.2 Å². The van der Waals surface area contributed by atoms with Gasteiger partial charge in [-0.25, -0.2) is 0 Å². The highest BCUT2D eigenvalue weighted by molar-refractivity contribution is 6.24. The van der Waals surface area contributed by atoms with Crippen molar-refractivity contribution in [3.05, 3.63) is 228 Å². The first-order valence-corrected chi connectivity index (χ1v) is 26.6. The molecule has 0 radical (unpaired) electrons. The zero-order valence-corrected chi connectivity index (χ0v) is 42.8. The Hall–Kier alpha value is -8.72. The maximum atomic E-state index is 6.89. The lowest BCUT2D eigenvalue weighted by Crippen LogP contribution is -2.17. The number of hydrogen-bond donors (Lipinski definition) is 0. The second kappa shape index (κ2) is 13.9. The summed E-state index contributed by atoms with van der Waals surface area (Å²) in [5, 5.41) is 14.6. The van der Waals surface area contributed by atoms with Gasteiger partial charge in [0.15, 0.2) is 0 Å². The Morgan fingerprint density at radius 2 is 0.587 bits per heavy atom. The zero-order chi connectivity index (χ0) is 50.0. The third-order valence-corrected chi connectivity index (χ3v) is 18.6. The monoisotopic (exact) mass is 958 g/mol. The number of furan rings is 2. The van der Waals surface area contributed by atoms with Crippen molar-refractivity contribution in [1.82, 2.24) is 0 Å².